The van der Waals surface area contributed by atoms with Gasteiger partial charge in [0.2, 0.25) is 11.8 Å². The number of benzene rings is 1. The Labute approximate surface area is 147 Å². The summed E-state index contributed by atoms with van der Waals surface area (Å²) in [5.41, 5.74) is 6.99. The number of fused-ring (bicyclic) bond motifs is 1. The van der Waals surface area contributed by atoms with E-state index in [0.717, 1.165) is 24.9 Å². The van der Waals surface area contributed by atoms with E-state index in [1.165, 1.54) is 12.1 Å². The van der Waals surface area contributed by atoms with Crippen LogP contribution in [0, 0.1) is 23.6 Å². The van der Waals surface area contributed by atoms with Crippen LogP contribution in [0.4, 0.5) is 4.39 Å². The summed E-state index contributed by atoms with van der Waals surface area (Å²) in [5, 5.41) is 0. The molecule has 0 bridgehead atoms. The van der Waals surface area contributed by atoms with Crippen molar-refractivity contribution < 1.29 is 14.0 Å². The maximum absolute atomic E-state index is 13.2. The standard InChI is InChI=1S/C19H24FN3O2/c1-22-17(24)8-14(18(22)11-2-5-13(20)6-3-11)19(25)23-9-12-4-7-16(21)15(12)10-23/h2-3,5-6,12,14-16,18H,4,7-10,21H2,1H3. The predicted molar refractivity (Wildman–Crippen MR) is 90.8 cm³/mol. The first kappa shape index (κ1) is 16.5. The molecule has 2 heterocycles. The second-order valence-corrected chi connectivity index (χ2v) is 7.72. The lowest BCUT2D eigenvalue weighted by atomic mass is 9.92. The first-order chi connectivity index (χ1) is 12.0. The van der Waals surface area contributed by atoms with Crippen LogP contribution in [-0.2, 0) is 9.59 Å². The van der Waals surface area contributed by atoms with Gasteiger partial charge in [0, 0.05) is 32.6 Å². The second-order valence-electron chi connectivity index (χ2n) is 7.72. The summed E-state index contributed by atoms with van der Waals surface area (Å²) in [7, 11) is 1.72. The Kier molecular flexibility index (Phi) is 4.02. The SMILES string of the molecule is CN1C(=O)CC(C(=O)N2CC3CCC(N)C3C2)C1c1ccc(F)cc1. The van der Waals surface area contributed by atoms with Crippen molar-refractivity contribution in [2.45, 2.75) is 31.3 Å². The molecular formula is C19H24FN3O2. The van der Waals surface area contributed by atoms with E-state index in [9.17, 15) is 14.0 Å². The van der Waals surface area contributed by atoms with Crippen LogP contribution in [0.1, 0.15) is 30.9 Å². The first-order valence-corrected chi connectivity index (χ1v) is 9.01. The summed E-state index contributed by atoms with van der Waals surface area (Å²) in [5.74, 6) is 0.163. The number of nitrogens with two attached hydrogens (primary N) is 1. The second kappa shape index (κ2) is 6.09. The molecule has 6 heteroatoms. The molecule has 1 saturated carbocycles. The molecule has 3 aliphatic rings. The van der Waals surface area contributed by atoms with Gasteiger partial charge in [-0.2, -0.15) is 0 Å². The van der Waals surface area contributed by atoms with Crippen molar-refractivity contribution in [3.63, 3.8) is 0 Å². The van der Waals surface area contributed by atoms with Gasteiger partial charge in [-0.1, -0.05) is 12.1 Å². The summed E-state index contributed by atoms with van der Waals surface area (Å²) in [6.45, 7) is 1.46. The Balaban J connectivity index is 1.56. The van der Waals surface area contributed by atoms with Crippen LogP contribution < -0.4 is 5.73 Å². The molecule has 25 heavy (non-hydrogen) atoms. The highest BCUT2D eigenvalue weighted by molar-refractivity contribution is 5.90. The van der Waals surface area contributed by atoms with Crippen LogP contribution in [0.15, 0.2) is 24.3 Å². The average molecular weight is 345 g/mol. The predicted octanol–water partition coefficient (Wildman–Crippen LogP) is 1.54. The lowest BCUT2D eigenvalue weighted by molar-refractivity contribution is -0.135. The fourth-order valence-corrected chi connectivity index (χ4v) is 4.93. The van der Waals surface area contributed by atoms with E-state index in [1.807, 2.05) is 4.90 Å². The number of halogens is 1. The number of carbonyl (C=O) groups excluding carboxylic acids is 2. The lowest BCUT2D eigenvalue weighted by Gasteiger charge is -2.28. The zero-order chi connectivity index (χ0) is 17.7. The molecule has 0 spiro atoms. The summed E-state index contributed by atoms with van der Waals surface area (Å²) in [4.78, 5) is 29.0. The number of carbonyl (C=O) groups is 2. The molecule has 5 nitrogen and oxygen atoms in total. The van der Waals surface area contributed by atoms with Crippen molar-refractivity contribution in [2.75, 3.05) is 20.1 Å². The summed E-state index contributed by atoms with van der Waals surface area (Å²) in [6, 6.07) is 5.96. The van der Waals surface area contributed by atoms with E-state index < -0.39 is 5.92 Å². The summed E-state index contributed by atoms with van der Waals surface area (Å²) >= 11 is 0. The van der Waals surface area contributed by atoms with E-state index in [4.69, 9.17) is 5.73 Å². The van der Waals surface area contributed by atoms with Crippen molar-refractivity contribution in [2.24, 2.45) is 23.5 Å². The van der Waals surface area contributed by atoms with Gasteiger partial charge in [0.15, 0.2) is 0 Å². The van der Waals surface area contributed by atoms with Gasteiger partial charge in [-0.05, 0) is 42.4 Å². The fourth-order valence-electron chi connectivity index (χ4n) is 4.93. The molecule has 134 valence electrons. The maximum Gasteiger partial charge on any atom is 0.228 e. The average Bonchev–Trinajstić information content (AvgIpc) is 3.25. The third kappa shape index (κ3) is 2.72. The van der Waals surface area contributed by atoms with E-state index in [0.29, 0.717) is 18.4 Å². The molecule has 5 unspecified atom stereocenters. The van der Waals surface area contributed by atoms with Gasteiger partial charge in [0.25, 0.3) is 0 Å². The molecule has 2 saturated heterocycles. The van der Waals surface area contributed by atoms with Crippen molar-refractivity contribution in [3.8, 4) is 0 Å². The maximum atomic E-state index is 13.2. The Morgan fingerprint density at radius 3 is 2.60 bits per heavy atom. The Morgan fingerprint density at radius 2 is 1.92 bits per heavy atom. The molecule has 1 aromatic carbocycles. The molecule has 1 aliphatic carbocycles. The minimum absolute atomic E-state index is 0.0358. The van der Waals surface area contributed by atoms with Crippen LogP contribution in [0.2, 0.25) is 0 Å². The Morgan fingerprint density at radius 1 is 1.20 bits per heavy atom. The number of rotatable bonds is 2. The van der Waals surface area contributed by atoms with Gasteiger partial charge in [0.1, 0.15) is 5.82 Å². The van der Waals surface area contributed by atoms with Gasteiger partial charge < -0.3 is 15.5 Å². The minimum atomic E-state index is -0.405. The monoisotopic (exact) mass is 345 g/mol. The van der Waals surface area contributed by atoms with Crippen LogP contribution >= 0.6 is 0 Å². The Hall–Kier alpha value is -1.95. The molecule has 4 rings (SSSR count). The van der Waals surface area contributed by atoms with Gasteiger partial charge in [-0.25, -0.2) is 4.39 Å². The molecule has 2 amide bonds. The highest BCUT2D eigenvalue weighted by atomic mass is 19.1. The van der Waals surface area contributed by atoms with E-state index in [1.54, 1.807) is 24.1 Å². The van der Waals surface area contributed by atoms with Gasteiger partial charge in [-0.3, -0.25) is 9.59 Å². The zero-order valence-electron chi connectivity index (χ0n) is 14.4. The van der Waals surface area contributed by atoms with Gasteiger partial charge >= 0.3 is 0 Å². The van der Waals surface area contributed by atoms with Crippen LogP contribution in [0.5, 0.6) is 0 Å². The van der Waals surface area contributed by atoms with Crippen molar-refractivity contribution in [3.05, 3.63) is 35.6 Å². The summed E-state index contributed by atoms with van der Waals surface area (Å²) in [6.07, 6.45) is 2.34. The quantitative estimate of drug-likeness (QED) is 0.884. The van der Waals surface area contributed by atoms with Crippen LogP contribution in [0.3, 0.4) is 0 Å². The molecule has 2 aliphatic heterocycles. The third-order valence-electron chi connectivity index (χ3n) is 6.34. The number of amides is 2. The van der Waals surface area contributed by atoms with E-state index in [2.05, 4.69) is 0 Å². The smallest absolute Gasteiger partial charge is 0.228 e. The minimum Gasteiger partial charge on any atom is -0.342 e. The number of hydrogen-bond donors (Lipinski definition) is 1. The van der Waals surface area contributed by atoms with Crippen LogP contribution in [0.25, 0.3) is 0 Å². The van der Waals surface area contributed by atoms with Crippen molar-refractivity contribution in [1.29, 1.82) is 0 Å². The highest BCUT2D eigenvalue weighted by Crippen LogP contribution is 2.42. The molecule has 1 aromatic rings. The molecular weight excluding hydrogens is 321 g/mol. The number of nitrogens with zero attached hydrogens (tertiary/aromatic N) is 2. The third-order valence-corrected chi connectivity index (χ3v) is 6.34. The Bertz CT molecular complexity index is 692. The lowest BCUT2D eigenvalue weighted by Crippen LogP contribution is -2.39. The van der Waals surface area contributed by atoms with E-state index >= 15 is 0 Å². The summed E-state index contributed by atoms with van der Waals surface area (Å²) < 4.78 is 13.2. The number of likely N-dealkylation sites (tertiary alicyclic amines) is 2. The van der Waals surface area contributed by atoms with Crippen molar-refractivity contribution >= 4 is 11.8 Å². The van der Waals surface area contributed by atoms with Crippen molar-refractivity contribution in [1.82, 2.24) is 9.80 Å². The van der Waals surface area contributed by atoms with Gasteiger partial charge in [-0.15, -0.1) is 0 Å². The van der Waals surface area contributed by atoms with Gasteiger partial charge in [0.05, 0.1) is 12.0 Å². The highest BCUT2D eigenvalue weighted by Gasteiger charge is 2.48. The topological polar surface area (TPSA) is 66.6 Å². The molecule has 5 atom stereocenters. The number of hydrogen-bond acceptors (Lipinski definition) is 3. The fraction of sp³-hybridized carbons (Fsp3) is 0.579. The zero-order valence-corrected chi connectivity index (χ0v) is 14.4. The molecule has 2 N–H and O–H groups in total. The molecule has 3 fully saturated rings. The largest absolute Gasteiger partial charge is 0.342 e. The van der Waals surface area contributed by atoms with Crippen LogP contribution in [-0.4, -0.2) is 47.8 Å². The van der Waals surface area contributed by atoms with E-state index in [-0.39, 0.29) is 36.1 Å². The molecule has 0 aromatic heterocycles. The normalized spacial score (nSPS) is 34.7. The molecule has 0 radical (unpaired) electrons. The first-order valence-electron chi connectivity index (χ1n) is 9.01.